The molecule has 2 unspecified atom stereocenters. The summed E-state index contributed by atoms with van der Waals surface area (Å²) in [6, 6.07) is 14.0. The Hall–Kier alpha value is -0.745. The average Bonchev–Trinajstić information content (AvgIpc) is 2.78. The van der Waals surface area contributed by atoms with Crippen LogP contribution < -0.4 is 68.7 Å². The molecule has 1 saturated heterocycles. The van der Waals surface area contributed by atoms with Crippen molar-refractivity contribution in [3.8, 4) is 0 Å². The third-order valence-electron chi connectivity index (χ3n) is 6.43. The molecular formula is C25H31N4O3RbS. The summed E-state index contributed by atoms with van der Waals surface area (Å²) in [5.74, 6) is 0.472. The summed E-state index contributed by atoms with van der Waals surface area (Å²) in [6.45, 7) is 11.6. The predicted molar refractivity (Wildman–Crippen MR) is 130 cm³/mol. The Kier molecular flexibility index (Phi) is 8.76. The Labute approximate surface area is 250 Å². The van der Waals surface area contributed by atoms with Gasteiger partial charge in [0.2, 0.25) is 10.0 Å². The van der Waals surface area contributed by atoms with Crippen LogP contribution in [0.15, 0.2) is 58.2 Å². The summed E-state index contributed by atoms with van der Waals surface area (Å²) < 4.78 is 28.2. The molecule has 0 saturated carbocycles. The van der Waals surface area contributed by atoms with Crippen molar-refractivity contribution in [1.82, 2.24) is 19.2 Å². The fourth-order valence-electron chi connectivity index (χ4n) is 4.36. The van der Waals surface area contributed by atoms with Crippen molar-refractivity contribution < 1.29 is 66.6 Å². The molecule has 0 amide bonds. The minimum absolute atomic E-state index is 0. The summed E-state index contributed by atoms with van der Waals surface area (Å²) in [7, 11) is -3.60. The first-order valence-corrected chi connectivity index (χ1v) is 12.7. The predicted octanol–water partition coefficient (Wildman–Crippen LogP) is 0.310. The number of fused-ring (bicyclic) bond motifs is 1. The molecule has 2 atom stereocenters. The molecule has 4 rings (SSSR count). The molecule has 0 radical (unpaired) electrons. The van der Waals surface area contributed by atoms with Gasteiger partial charge in [-0.05, 0) is 42.5 Å². The van der Waals surface area contributed by atoms with Gasteiger partial charge in [0.1, 0.15) is 0 Å². The molecule has 0 bridgehead atoms. The molecule has 34 heavy (non-hydrogen) atoms. The number of benzene rings is 2. The summed E-state index contributed by atoms with van der Waals surface area (Å²) in [6.07, 6.45) is 0. The van der Waals surface area contributed by atoms with Crippen LogP contribution in [0.3, 0.4) is 0 Å². The molecule has 7 nitrogen and oxygen atoms in total. The third-order valence-corrected chi connectivity index (χ3v) is 8.46. The van der Waals surface area contributed by atoms with Crippen LogP contribution in [-0.4, -0.2) is 48.3 Å². The summed E-state index contributed by atoms with van der Waals surface area (Å²) in [5, 5.41) is 0.509. The van der Waals surface area contributed by atoms with Crippen molar-refractivity contribution in [1.29, 1.82) is 0 Å². The fourth-order valence-corrected chi connectivity index (χ4v) is 5.97. The number of nitrogens with zero attached hydrogens (tertiary/aromatic N) is 4. The molecule has 176 valence electrons. The Morgan fingerprint density at radius 2 is 1.71 bits per heavy atom. The molecule has 9 heteroatoms. The van der Waals surface area contributed by atoms with E-state index in [2.05, 4.69) is 35.6 Å². The minimum atomic E-state index is -3.60. The van der Waals surface area contributed by atoms with Crippen LogP contribution in [0, 0.1) is 0 Å². The second-order valence-corrected chi connectivity index (χ2v) is 11.7. The van der Waals surface area contributed by atoms with Crippen LogP contribution in [-0.2, 0) is 15.4 Å². The molecule has 0 spiro atoms. The van der Waals surface area contributed by atoms with Gasteiger partial charge in [0.25, 0.3) is 0 Å². The topological polar surface area (TPSA) is 84.7 Å². The van der Waals surface area contributed by atoms with Crippen molar-refractivity contribution in [3.63, 3.8) is 0 Å². The van der Waals surface area contributed by atoms with E-state index in [4.69, 9.17) is 0 Å². The normalized spacial score (nSPS) is 19.0. The molecule has 3 aromatic rings. The number of rotatable bonds is 4. The number of hydrogen-bond acceptors (Lipinski definition) is 5. The fraction of sp³-hybridized carbons (Fsp3) is 0.440. The average molecular weight is 553 g/mol. The monoisotopic (exact) mass is 552 g/mol. The maximum Gasteiger partial charge on any atom is 1.00 e. The molecule has 1 aliphatic heterocycles. The zero-order valence-electron chi connectivity index (χ0n) is 20.8. The number of para-hydroxylation sites is 1. The Bertz CT molecular complexity index is 1320. The van der Waals surface area contributed by atoms with Gasteiger partial charge in [-0.2, -0.15) is 4.31 Å². The molecule has 0 N–H and O–H groups in total. The first kappa shape index (κ1) is 27.8. The van der Waals surface area contributed by atoms with E-state index in [0.29, 0.717) is 41.3 Å². The second kappa shape index (κ2) is 10.7. The minimum Gasteiger partial charge on any atom is -0.438 e. The summed E-state index contributed by atoms with van der Waals surface area (Å²) >= 11 is 0. The van der Waals surface area contributed by atoms with E-state index in [0.717, 1.165) is 5.56 Å². The van der Waals surface area contributed by atoms with E-state index < -0.39 is 10.0 Å². The molecule has 0 aliphatic carbocycles. The largest absolute Gasteiger partial charge is 1.00 e. The van der Waals surface area contributed by atoms with Gasteiger partial charge in [0.15, 0.2) is 5.56 Å². The van der Waals surface area contributed by atoms with Crippen LogP contribution in [0.4, 0.5) is 0 Å². The van der Waals surface area contributed by atoms with Crippen molar-refractivity contribution in [2.24, 2.45) is 0 Å². The zero-order chi connectivity index (χ0) is 24.0. The Balaban J connectivity index is 0.00000324. The van der Waals surface area contributed by atoms with Gasteiger partial charge in [-0.25, -0.2) is 8.42 Å². The van der Waals surface area contributed by atoms with Crippen LogP contribution >= 0.6 is 0 Å². The molecule has 1 aromatic heterocycles. The molecule has 1 aliphatic rings. The smallest absolute Gasteiger partial charge is 0.438 e. The molecule has 1 fully saturated rings. The van der Waals surface area contributed by atoms with Crippen molar-refractivity contribution in [2.75, 3.05) is 19.6 Å². The summed E-state index contributed by atoms with van der Waals surface area (Å²) in [5.41, 5.74) is 1.41. The number of aromatic nitrogens is 2. The quantitative estimate of drug-likeness (QED) is 0.463. The van der Waals surface area contributed by atoms with E-state index in [1.165, 1.54) is 0 Å². The number of hydrogen-bond donors (Lipinski definition) is 0. The maximum absolute atomic E-state index is 13.3. The van der Waals surface area contributed by atoms with Gasteiger partial charge in [-0.15, -0.1) is 0 Å². The van der Waals surface area contributed by atoms with Crippen LogP contribution in [0.2, 0.25) is 0 Å². The summed E-state index contributed by atoms with van der Waals surface area (Å²) in [4.78, 5) is 23.7. The Morgan fingerprint density at radius 3 is 2.32 bits per heavy atom. The molecule has 2 aromatic carbocycles. The SMILES string of the molecule is CC(c1nc2ccccc2c(=O)[n-]1)N1CCN(S(=O)(=O)c2ccc(C(C)(C)C)cc2)C(C)C1.[Rb+]. The van der Waals surface area contributed by atoms with Gasteiger partial charge < -0.3 is 9.97 Å². The van der Waals surface area contributed by atoms with Gasteiger partial charge in [0, 0.05) is 37.1 Å². The van der Waals surface area contributed by atoms with Crippen LogP contribution in [0.5, 0.6) is 0 Å². The van der Waals surface area contributed by atoms with Crippen molar-refractivity contribution in [3.05, 3.63) is 70.3 Å². The second-order valence-electron chi connectivity index (χ2n) is 9.81. The molecular weight excluding hydrogens is 522 g/mol. The van der Waals surface area contributed by atoms with Gasteiger partial charge in [-0.3, -0.25) is 9.69 Å². The van der Waals surface area contributed by atoms with E-state index >= 15 is 0 Å². The Morgan fingerprint density at radius 1 is 1.06 bits per heavy atom. The zero-order valence-corrected chi connectivity index (χ0v) is 26.5. The van der Waals surface area contributed by atoms with Gasteiger partial charge in [0.05, 0.1) is 4.90 Å². The van der Waals surface area contributed by atoms with E-state index in [1.807, 2.05) is 38.1 Å². The van der Waals surface area contributed by atoms with Gasteiger partial charge in [-0.1, -0.05) is 63.0 Å². The standard InChI is InChI=1S/C25H32N4O3S.Rb/c1-17-16-28(18(2)23-26-22-9-7-6-8-21(22)24(30)27-23)14-15-29(17)33(31,32)20-12-10-19(11-13-20)25(3,4)5;/h6-13,17-18H,14-16H2,1-5H3,(H,26,27,30);/q;+1/p-1. The maximum atomic E-state index is 13.3. The van der Waals surface area contributed by atoms with Crippen LogP contribution in [0.25, 0.3) is 10.9 Å². The number of sulfonamides is 1. The van der Waals surface area contributed by atoms with E-state index in [1.54, 1.807) is 28.6 Å². The first-order chi connectivity index (χ1) is 15.5. The van der Waals surface area contributed by atoms with Crippen LogP contribution in [0.1, 0.15) is 52.0 Å². The van der Waals surface area contributed by atoms with Crippen molar-refractivity contribution >= 4 is 20.9 Å². The third kappa shape index (κ3) is 5.63. The van der Waals surface area contributed by atoms with Gasteiger partial charge >= 0.3 is 58.2 Å². The van der Waals surface area contributed by atoms with E-state index in [-0.39, 0.29) is 81.2 Å². The molecule has 2 heterocycles. The number of piperazine rings is 1. The van der Waals surface area contributed by atoms with Crippen molar-refractivity contribution in [2.45, 2.75) is 57.0 Å². The van der Waals surface area contributed by atoms with E-state index in [9.17, 15) is 13.2 Å². The first-order valence-electron chi connectivity index (χ1n) is 11.3.